The van der Waals surface area contributed by atoms with Gasteiger partial charge in [0.15, 0.2) is 11.6 Å². The van der Waals surface area contributed by atoms with Crippen LogP contribution in [-0.4, -0.2) is 71.0 Å². The molecule has 3 aromatic rings. The molecule has 1 aliphatic heterocycles. The van der Waals surface area contributed by atoms with Crippen LogP contribution in [0.3, 0.4) is 0 Å². The van der Waals surface area contributed by atoms with Gasteiger partial charge in [0, 0.05) is 30.8 Å². The zero-order valence-electron chi connectivity index (χ0n) is 23.8. The Morgan fingerprint density at radius 3 is 2.56 bits per heavy atom. The number of sulfonamides is 1. The number of halogens is 4. The molecule has 2 N–H and O–H groups in total. The van der Waals surface area contributed by atoms with Crippen LogP contribution in [0, 0.1) is 19.7 Å². The van der Waals surface area contributed by atoms with E-state index in [-0.39, 0.29) is 48.3 Å². The highest BCUT2D eigenvalue weighted by molar-refractivity contribution is 7.93. The van der Waals surface area contributed by atoms with Crippen LogP contribution in [0.25, 0.3) is 10.6 Å². The van der Waals surface area contributed by atoms with Crippen molar-refractivity contribution in [2.24, 2.45) is 0 Å². The lowest BCUT2D eigenvalue weighted by Crippen LogP contribution is -2.51. The van der Waals surface area contributed by atoms with Crippen molar-refractivity contribution in [2.45, 2.75) is 64.6 Å². The highest BCUT2D eigenvalue weighted by Gasteiger charge is 2.33. The van der Waals surface area contributed by atoms with Crippen molar-refractivity contribution in [3.05, 3.63) is 40.8 Å². The number of benzene rings is 1. The summed E-state index contributed by atoms with van der Waals surface area (Å²) in [5, 5.41) is 3.61. The van der Waals surface area contributed by atoms with Gasteiger partial charge in [0.05, 0.1) is 22.9 Å². The molecule has 1 aliphatic rings. The Labute approximate surface area is 249 Å². The van der Waals surface area contributed by atoms with Crippen LogP contribution < -0.4 is 14.8 Å². The van der Waals surface area contributed by atoms with E-state index in [9.17, 15) is 26.4 Å². The lowest BCUT2D eigenvalue weighted by atomic mass is 10.0. The summed E-state index contributed by atoms with van der Waals surface area (Å²) in [6, 6.07) is 3.25. The minimum absolute atomic E-state index is 0.0102. The zero-order chi connectivity index (χ0) is 31.7. The third kappa shape index (κ3) is 8.01. The molecule has 0 spiro atoms. The molecule has 0 bridgehead atoms. The minimum Gasteiger partial charge on any atom is -0.444 e. The lowest BCUT2D eigenvalue weighted by Gasteiger charge is -2.36. The molecule has 2 atom stereocenters. The first-order chi connectivity index (χ1) is 20.0. The SMILES string of the molecule is Cc1nc(Oc2ccc(NS(=O)(=O)C(F)F)c(C)c2F)c(-c2ccnc(N[C@H]3C[C@H](F)CN(C(=O)OC(C)(C)C)C3)n2)s1. The largest absolute Gasteiger partial charge is 0.444 e. The first-order valence-electron chi connectivity index (χ1n) is 13.0. The van der Waals surface area contributed by atoms with Gasteiger partial charge in [-0.25, -0.2) is 36.9 Å². The Hall–Kier alpha value is -3.73. The van der Waals surface area contributed by atoms with Gasteiger partial charge in [-0.15, -0.1) is 11.3 Å². The number of carbonyl (C=O) groups is 1. The van der Waals surface area contributed by atoms with Gasteiger partial charge in [-0.1, -0.05) is 0 Å². The van der Waals surface area contributed by atoms with Crippen molar-refractivity contribution in [2.75, 3.05) is 23.1 Å². The van der Waals surface area contributed by atoms with Gasteiger partial charge in [-0.2, -0.15) is 8.78 Å². The Morgan fingerprint density at radius 1 is 1.16 bits per heavy atom. The number of aromatic nitrogens is 3. The van der Waals surface area contributed by atoms with E-state index >= 15 is 4.39 Å². The van der Waals surface area contributed by atoms with Gasteiger partial charge >= 0.3 is 11.9 Å². The summed E-state index contributed by atoms with van der Waals surface area (Å²) >= 11 is 1.19. The average Bonchev–Trinajstić information content (AvgIpc) is 3.27. The normalized spacial score (nSPS) is 17.6. The number of aryl methyl sites for hydroxylation is 1. The number of rotatable bonds is 8. The number of nitrogens with one attached hydrogen (secondary N) is 2. The van der Waals surface area contributed by atoms with Gasteiger partial charge < -0.3 is 19.7 Å². The molecule has 0 unspecified atom stereocenters. The van der Waals surface area contributed by atoms with Crippen LogP contribution in [0.1, 0.15) is 37.8 Å². The highest BCUT2D eigenvalue weighted by Crippen LogP contribution is 2.39. The summed E-state index contributed by atoms with van der Waals surface area (Å²) in [6.45, 7) is 8.14. The summed E-state index contributed by atoms with van der Waals surface area (Å²) in [6.07, 6.45) is -0.343. The van der Waals surface area contributed by atoms with Crippen molar-refractivity contribution < 1.29 is 40.2 Å². The summed E-state index contributed by atoms with van der Waals surface area (Å²) in [4.78, 5) is 27.2. The van der Waals surface area contributed by atoms with E-state index in [1.165, 1.54) is 29.4 Å². The number of hydrogen-bond acceptors (Lipinski definition) is 10. The molecule has 0 radical (unpaired) electrons. The molecule has 1 fully saturated rings. The van der Waals surface area contributed by atoms with Crippen LogP contribution in [0.5, 0.6) is 11.6 Å². The fourth-order valence-corrected chi connectivity index (χ4v) is 5.58. The number of thiazole rings is 1. The molecule has 1 amide bonds. The van der Waals surface area contributed by atoms with E-state index in [2.05, 4.69) is 20.3 Å². The van der Waals surface area contributed by atoms with Gasteiger partial charge in [-0.05, 0) is 52.8 Å². The maximum atomic E-state index is 15.1. The highest BCUT2D eigenvalue weighted by atomic mass is 32.2. The van der Waals surface area contributed by atoms with Gasteiger partial charge in [0.2, 0.25) is 11.8 Å². The Morgan fingerprint density at radius 2 is 1.88 bits per heavy atom. The molecule has 2 aromatic heterocycles. The molecular weight excluding hydrogens is 616 g/mol. The van der Waals surface area contributed by atoms with Crippen molar-refractivity contribution in [3.8, 4) is 22.2 Å². The standard InChI is InChI=1S/C26H30F4N6O5S2/c1-13-17(35-43(38,39)23(29)30)6-7-19(20(13)28)40-22-21(42-14(2)32-22)18-8-9-31-24(34-18)33-16-10-15(27)11-36(12-16)25(37)41-26(3,4)5/h6-9,15-16,23,35H,10-12H2,1-5H3,(H,31,33,34)/t15-,16-/m0/s1. The molecule has 234 valence electrons. The molecule has 1 aromatic carbocycles. The predicted octanol–water partition coefficient (Wildman–Crippen LogP) is 5.87. The predicted molar refractivity (Wildman–Crippen MR) is 152 cm³/mol. The topological polar surface area (TPSA) is 136 Å². The number of carbonyl (C=O) groups excluding carboxylic acids is 1. The number of anilines is 2. The summed E-state index contributed by atoms with van der Waals surface area (Å²) in [7, 11) is -5.00. The molecule has 4 rings (SSSR count). The van der Waals surface area contributed by atoms with Gasteiger partial charge in [0.25, 0.3) is 10.0 Å². The molecule has 17 heteroatoms. The first-order valence-corrected chi connectivity index (χ1v) is 15.3. The fourth-order valence-electron chi connectivity index (χ4n) is 4.15. The van der Waals surface area contributed by atoms with Crippen LogP contribution in [0.2, 0.25) is 0 Å². The quantitative estimate of drug-likeness (QED) is 0.288. The fraction of sp³-hybridized carbons (Fsp3) is 0.462. The molecule has 43 heavy (non-hydrogen) atoms. The van der Waals surface area contributed by atoms with E-state index in [1.807, 2.05) is 0 Å². The summed E-state index contributed by atoms with van der Waals surface area (Å²) < 4.78 is 91.0. The second-order valence-electron chi connectivity index (χ2n) is 10.8. The Balaban J connectivity index is 1.53. The van der Waals surface area contributed by atoms with Crippen molar-refractivity contribution >= 4 is 39.1 Å². The van der Waals surface area contributed by atoms with E-state index in [0.29, 0.717) is 15.6 Å². The van der Waals surface area contributed by atoms with Crippen LogP contribution >= 0.6 is 11.3 Å². The van der Waals surface area contributed by atoms with E-state index in [1.54, 1.807) is 38.5 Å². The van der Waals surface area contributed by atoms with Crippen LogP contribution in [-0.2, 0) is 14.8 Å². The Bertz CT molecular complexity index is 1600. The molecular formula is C26H30F4N6O5S2. The number of amides is 1. The maximum absolute atomic E-state index is 15.1. The molecule has 0 saturated carbocycles. The average molecular weight is 647 g/mol. The lowest BCUT2D eigenvalue weighted by molar-refractivity contribution is 0.0124. The van der Waals surface area contributed by atoms with Crippen LogP contribution in [0.4, 0.5) is 34.0 Å². The number of alkyl halides is 3. The second-order valence-corrected chi connectivity index (χ2v) is 13.6. The van der Waals surface area contributed by atoms with E-state index in [4.69, 9.17) is 9.47 Å². The van der Waals surface area contributed by atoms with Crippen molar-refractivity contribution in [3.63, 3.8) is 0 Å². The number of likely N-dealkylation sites (tertiary alicyclic amines) is 1. The minimum atomic E-state index is -5.00. The van der Waals surface area contributed by atoms with Crippen molar-refractivity contribution in [1.82, 2.24) is 19.9 Å². The molecule has 11 nitrogen and oxygen atoms in total. The maximum Gasteiger partial charge on any atom is 0.410 e. The van der Waals surface area contributed by atoms with Crippen molar-refractivity contribution in [1.29, 1.82) is 0 Å². The molecule has 3 heterocycles. The first kappa shape index (κ1) is 32.2. The number of piperidine rings is 1. The third-order valence-electron chi connectivity index (χ3n) is 6.02. The number of nitrogens with zero attached hydrogens (tertiary/aromatic N) is 4. The second kappa shape index (κ2) is 12.5. The third-order valence-corrected chi connectivity index (χ3v) is 7.97. The smallest absolute Gasteiger partial charge is 0.410 e. The van der Waals surface area contributed by atoms with Gasteiger partial charge in [-0.3, -0.25) is 4.72 Å². The summed E-state index contributed by atoms with van der Waals surface area (Å²) in [5.74, 6) is -4.86. The summed E-state index contributed by atoms with van der Waals surface area (Å²) in [5.41, 5.74) is -1.01. The van der Waals surface area contributed by atoms with E-state index < -0.39 is 45.5 Å². The van der Waals surface area contributed by atoms with Gasteiger partial charge in [0.1, 0.15) is 16.6 Å². The monoisotopic (exact) mass is 646 g/mol. The van der Waals surface area contributed by atoms with E-state index in [0.717, 1.165) is 12.1 Å². The Kier molecular flexibility index (Phi) is 9.34. The molecule has 0 aliphatic carbocycles. The number of hydrogen-bond donors (Lipinski definition) is 2. The molecule has 1 saturated heterocycles. The van der Waals surface area contributed by atoms with Crippen LogP contribution in [0.15, 0.2) is 24.4 Å². The zero-order valence-corrected chi connectivity index (χ0v) is 25.5. The number of ether oxygens (including phenoxy) is 2.